The number of halogens is 2. The van der Waals surface area contributed by atoms with Crippen molar-refractivity contribution in [1.82, 2.24) is 10.1 Å². The van der Waals surface area contributed by atoms with Crippen LogP contribution in [0, 0.1) is 0 Å². The Bertz CT molecular complexity index is 794. The van der Waals surface area contributed by atoms with Gasteiger partial charge in [-0.2, -0.15) is 13.8 Å². The summed E-state index contributed by atoms with van der Waals surface area (Å²) >= 11 is 0. The number of rotatable bonds is 7. The van der Waals surface area contributed by atoms with E-state index in [4.69, 9.17) is 4.52 Å². The molecule has 0 aliphatic heterocycles. The van der Waals surface area contributed by atoms with Crippen molar-refractivity contribution in [1.29, 1.82) is 0 Å². The summed E-state index contributed by atoms with van der Waals surface area (Å²) < 4.78 is 33.6. The second-order valence-electron chi connectivity index (χ2n) is 5.13. The molecule has 0 aliphatic rings. The lowest BCUT2D eigenvalue weighted by molar-refractivity contribution is -0.0498. The molecule has 6 nitrogen and oxygen atoms in total. The molecule has 0 saturated heterocycles. The Morgan fingerprint density at radius 1 is 1.08 bits per heavy atom. The highest BCUT2D eigenvalue weighted by Gasteiger charge is 2.12. The van der Waals surface area contributed by atoms with E-state index in [1.54, 1.807) is 0 Å². The van der Waals surface area contributed by atoms with Gasteiger partial charge in [-0.3, -0.25) is 0 Å². The number of alkyl halides is 2. The molecule has 2 aromatic carbocycles. The highest BCUT2D eigenvalue weighted by molar-refractivity contribution is 5.53. The third kappa shape index (κ3) is 4.51. The lowest BCUT2D eigenvalue weighted by Gasteiger charge is -2.12. The summed E-state index contributed by atoms with van der Waals surface area (Å²) in [4.78, 5) is 4.19. The molecule has 0 aliphatic carbocycles. The molecule has 2 N–H and O–H groups in total. The van der Waals surface area contributed by atoms with Crippen LogP contribution >= 0.6 is 0 Å². The molecule has 0 fully saturated rings. The lowest BCUT2D eigenvalue weighted by atomic mass is 10.1. The Hall–Kier alpha value is -3.00. The number of hydrogen-bond acceptors (Lipinski definition) is 6. The Kier molecular flexibility index (Phi) is 5.20. The van der Waals surface area contributed by atoms with Crippen LogP contribution in [0.15, 0.2) is 59.1 Å². The van der Waals surface area contributed by atoms with Gasteiger partial charge in [0.15, 0.2) is 0 Å². The van der Waals surface area contributed by atoms with Gasteiger partial charge in [0.2, 0.25) is 0 Å². The number of hydrogen-bond donors (Lipinski definition) is 2. The fraction of sp³-hybridized carbons (Fsp3) is 0.176. The molecular formula is C17H15F2N3O3. The molecule has 130 valence electrons. The van der Waals surface area contributed by atoms with E-state index in [0.29, 0.717) is 11.5 Å². The second-order valence-corrected chi connectivity index (χ2v) is 5.13. The molecule has 0 radical (unpaired) electrons. The van der Waals surface area contributed by atoms with E-state index < -0.39 is 12.7 Å². The molecule has 1 heterocycles. The first-order chi connectivity index (χ1) is 12.1. The number of aliphatic hydroxyl groups excluding tert-OH is 1. The van der Waals surface area contributed by atoms with Gasteiger partial charge in [-0.05, 0) is 35.0 Å². The topological polar surface area (TPSA) is 80.4 Å². The normalized spacial score (nSPS) is 12.2. The molecule has 1 atom stereocenters. The van der Waals surface area contributed by atoms with E-state index in [9.17, 15) is 13.9 Å². The van der Waals surface area contributed by atoms with Crippen molar-refractivity contribution in [2.75, 3.05) is 11.9 Å². The molecule has 1 unspecified atom stereocenters. The van der Waals surface area contributed by atoms with Gasteiger partial charge in [0.05, 0.1) is 6.10 Å². The standard InChI is InChI=1S/C17H15F2N3O3/c18-16(19)24-13-8-6-11(7-9-13)14(23)10-20-17-21-15(25-22-17)12-4-2-1-3-5-12/h1-9,14,16,23H,10H2,(H,20,22). The van der Waals surface area contributed by atoms with Crippen LogP contribution in [0.3, 0.4) is 0 Å². The number of anilines is 1. The monoisotopic (exact) mass is 347 g/mol. The minimum atomic E-state index is -2.88. The SMILES string of the molecule is OC(CNc1noc(-c2ccccc2)n1)c1ccc(OC(F)F)cc1. The molecule has 25 heavy (non-hydrogen) atoms. The van der Waals surface area contributed by atoms with E-state index in [1.807, 2.05) is 30.3 Å². The van der Waals surface area contributed by atoms with Gasteiger partial charge >= 0.3 is 6.61 Å². The van der Waals surface area contributed by atoms with E-state index in [2.05, 4.69) is 20.2 Å². The molecule has 3 aromatic rings. The summed E-state index contributed by atoms with van der Waals surface area (Å²) in [6.45, 7) is -2.75. The van der Waals surface area contributed by atoms with Crippen molar-refractivity contribution in [2.24, 2.45) is 0 Å². The average Bonchev–Trinajstić information content (AvgIpc) is 3.10. The van der Waals surface area contributed by atoms with Crippen LogP contribution in [0.4, 0.5) is 14.7 Å². The van der Waals surface area contributed by atoms with Crippen LogP contribution in [-0.4, -0.2) is 28.4 Å². The fourth-order valence-electron chi connectivity index (χ4n) is 2.17. The summed E-state index contributed by atoms with van der Waals surface area (Å²) in [6, 6.07) is 15.0. The van der Waals surface area contributed by atoms with Gasteiger partial charge in [0.1, 0.15) is 5.75 Å². The molecule has 0 bridgehead atoms. The van der Waals surface area contributed by atoms with Gasteiger partial charge in [0, 0.05) is 12.1 Å². The van der Waals surface area contributed by atoms with Gasteiger partial charge < -0.3 is 19.7 Å². The number of ether oxygens (including phenoxy) is 1. The zero-order chi connectivity index (χ0) is 17.6. The first-order valence-corrected chi connectivity index (χ1v) is 7.47. The van der Waals surface area contributed by atoms with Crippen molar-refractivity contribution in [3.05, 3.63) is 60.2 Å². The molecule has 0 amide bonds. The maximum Gasteiger partial charge on any atom is 0.387 e. The van der Waals surface area contributed by atoms with Crippen molar-refractivity contribution >= 4 is 5.95 Å². The first kappa shape index (κ1) is 16.8. The van der Waals surface area contributed by atoms with Crippen LogP contribution < -0.4 is 10.1 Å². The molecule has 0 spiro atoms. The summed E-state index contributed by atoms with van der Waals surface area (Å²) in [5.41, 5.74) is 1.33. The third-order valence-corrected chi connectivity index (χ3v) is 3.39. The molecular weight excluding hydrogens is 332 g/mol. The summed E-state index contributed by atoms with van der Waals surface area (Å²) in [7, 11) is 0. The summed E-state index contributed by atoms with van der Waals surface area (Å²) in [6.07, 6.45) is -0.876. The van der Waals surface area contributed by atoms with E-state index in [-0.39, 0.29) is 18.2 Å². The predicted octanol–water partition coefficient (Wildman–Crippen LogP) is 3.48. The Morgan fingerprint density at radius 3 is 2.48 bits per heavy atom. The van der Waals surface area contributed by atoms with Crippen molar-refractivity contribution in [2.45, 2.75) is 12.7 Å². The Labute approximate surface area is 142 Å². The Balaban J connectivity index is 1.57. The van der Waals surface area contributed by atoms with Crippen LogP contribution in [0.1, 0.15) is 11.7 Å². The van der Waals surface area contributed by atoms with E-state index in [0.717, 1.165) is 5.56 Å². The van der Waals surface area contributed by atoms with Crippen LogP contribution in [0.25, 0.3) is 11.5 Å². The van der Waals surface area contributed by atoms with Crippen LogP contribution in [0.5, 0.6) is 5.75 Å². The quantitative estimate of drug-likeness (QED) is 0.681. The minimum absolute atomic E-state index is 0.0320. The number of nitrogens with zero attached hydrogens (tertiary/aromatic N) is 2. The number of nitrogens with one attached hydrogen (secondary N) is 1. The molecule has 1 aromatic heterocycles. The zero-order valence-electron chi connectivity index (χ0n) is 13.0. The number of benzene rings is 2. The largest absolute Gasteiger partial charge is 0.435 e. The smallest absolute Gasteiger partial charge is 0.387 e. The van der Waals surface area contributed by atoms with Crippen LogP contribution in [-0.2, 0) is 0 Å². The van der Waals surface area contributed by atoms with E-state index in [1.165, 1.54) is 24.3 Å². The van der Waals surface area contributed by atoms with Gasteiger partial charge in [-0.1, -0.05) is 30.3 Å². The fourth-order valence-corrected chi connectivity index (χ4v) is 2.17. The average molecular weight is 347 g/mol. The van der Waals surface area contributed by atoms with Crippen molar-refractivity contribution < 1.29 is 23.1 Å². The summed E-state index contributed by atoms with van der Waals surface area (Å²) in [5, 5.41) is 16.8. The molecule has 0 saturated carbocycles. The highest BCUT2D eigenvalue weighted by Crippen LogP contribution is 2.21. The third-order valence-electron chi connectivity index (χ3n) is 3.39. The number of aliphatic hydroxyl groups is 1. The maximum atomic E-state index is 12.1. The maximum absolute atomic E-state index is 12.1. The molecule has 3 rings (SSSR count). The summed E-state index contributed by atoms with van der Waals surface area (Å²) in [5.74, 6) is 0.645. The Morgan fingerprint density at radius 2 is 1.80 bits per heavy atom. The van der Waals surface area contributed by atoms with E-state index >= 15 is 0 Å². The lowest BCUT2D eigenvalue weighted by Crippen LogP contribution is -2.13. The highest BCUT2D eigenvalue weighted by atomic mass is 19.3. The minimum Gasteiger partial charge on any atom is -0.435 e. The predicted molar refractivity (Wildman–Crippen MR) is 86.3 cm³/mol. The van der Waals surface area contributed by atoms with Crippen molar-refractivity contribution in [3.63, 3.8) is 0 Å². The first-order valence-electron chi connectivity index (χ1n) is 7.47. The van der Waals surface area contributed by atoms with Crippen LogP contribution in [0.2, 0.25) is 0 Å². The van der Waals surface area contributed by atoms with Gasteiger partial charge in [-0.15, -0.1) is 0 Å². The zero-order valence-corrected chi connectivity index (χ0v) is 13.0. The molecule has 8 heteroatoms. The second kappa shape index (κ2) is 7.71. The van der Waals surface area contributed by atoms with Crippen molar-refractivity contribution in [3.8, 4) is 17.2 Å². The van der Waals surface area contributed by atoms with Gasteiger partial charge in [0.25, 0.3) is 11.8 Å². The number of aromatic nitrogens is 2. The van der Waals surface area contributed by atoms with Gasteiger partial charge in [-0.25, -0.2) is 0 Å².